The van der Waals surface area contributed by atoms with Crippen LogP contribution in [0.1, 0.15) is 15.9 Å². The number of hydrogen-bond donors (Lipinski definition) is 1. The smallest absolute Gasteiger partial charge is 0.250 e. The Balaban J connectivity index is 2.06. The third-order valence-corrected chi connectivity index (χ3v) is 5.92. The SMILES string of the molecule is COc1cc(S(=O)(=O)c2ccccc2)c(C(N)=O)cc1OCc1ccccc1. The van der Waals surface area contributed by atoms with Crippen LogP contribution in [0.25, 0.3) is 0 Å². The number of ether oxygens (including phenoxy) is 2. The predicted octanol–water partition coefficient (Wildman–Crippen LogP) is 3.21. The van der Waals surface area contributed by atoms with Crippen molar-refractivity contribution in [3.05, 3.63) is 83.9 Å². The third kappa shape index (κ3) is 3.99. The van der Waals surface area contributed by atoms with E-state index < -0.39 is 15.7 Å². The number of nitrogens with two attached hydrogens (primary N) is 1. The van der Waals surface area contributed by atoms with Crippen molar-refractivity contribution in [1.29, 1.82) is 0 Å². The van der Waals surface area contributed by atoms with Gasteiger partial charge in [0, 0.05) is 6.07 Å². The van der Waals surface area contributed by atoms with Gasteiger partial charge in [-0.15, -0.1) is 0 Å². The summed E-state index contributed by atoms with van der Waals surface area (Å²) in [5.41, 5.74) is 6.21. The normalized spacial score (nSPS) is 11.0. The van der Waals surface area contributed by atoms with Crippen LogP contribution >= 0.6 is 0 Å². The standard InChI is InChI=1S/C21H19NO5S/c1-26-18-13-20(28(24,25)16-10-6-3-7-11-16)17(21(22)23)12-19(18)27-14-15-8-4-2-5-9-15/h2-13H,14H2,1H3,(H2,22,23). The summed E-state index contributed by atoms with van der Waals surface area (Å²) in [6, 6.07) is 19.8. The van der Waals surface area contributed by atoms with E-state index in [0.717, 1.165) is 5.56 Å². The molecule has 0 saturated heterocycles. The number of methoxy groups -OCH3 is 1. The van der Waals surface area contributed by atoms with Gasteiger partial charge in [0.1, 0.15) is 6.61 Å². The van der Waals surface area contributed by atoms with Gasteiger partial charge in [0.15, 0.2) is 11.5 Å². The summed E-state index contributed by atoms with van der Waals surface area (Å²) in [4.78, 5) is 11.8. The van der Waals surface area contributed by atoms with Crippen molar-refractivity contribution >= 4 is 15.7 Å². The lowest BCUT2D eigenvalue weighted by Crippen LogP contribution is -2.17. The number of primary amides is 1. The van der Waals surface area contributed by atoms with Crippen LogP contribution in [0.4, 0.5) is 0 Å². The van der Waals surface area contributed by atoms with Crippen molar-refractivity contribution in [1.82, 2.24) is 0 Å². The lowest BCUT2D eigenvalue weighted by molar-refractivity contribution is 0.0996. The molecule has 3 rings (SSSR count). The Morgan fingerprint density at radius 3 is 2.11 bits per heavy atom. The largest absolute Gasteiger partial charge is 0.493 e. The molecule has 6 nitrogen and oxygen atoms in total. The van der Waals surface area contributed by atoms with Crippen LogP contribution in [0, 0.1) is 0 Å². The van der Waals surface area contributed by atoms with Crippen molar-refractivity contribution in [2.75, 3.05) is 7.11 Å². The maximum absolute atomic E-state index is 13.0. The van der Waals surface area contributed by atoms with Crippen LogP contribution in [-0.4, -0.2) is 21.4 Å². The summed E-state index contributed by atoms with van der Waals surface area (Å²) in [5.74, 6) is -0.454. The maximum Gasteiger partial charge on any atom is 0.250 e. The van der Waals surface area contributed by atoms with Crippen LogP contribution in [0.2, 0.25) is 0 Å². The van der Waals surface area contributed by atoms with Crippen LogP contribution < -0.4 is 15.2 Å². The van der Waals surface area contributed by atoms with Crippen molar-refractivity contribution in [2.24, 2.45) is 5.73 Å². The second-order valence-corrected chi connectivity index (χ2v) is 7.87. The molecule has 28 heavy (non-hydrogen) atoms. The van der Waals surface area contributed by atoms with Crippen molar-refractivity contribution < 1.29 is 22.7 Å². The maximum atomic E-state index is 13.0. The van der Waals surface area contributed by atoms with E-state index >= 15 is 0 Å². The van der Waals surface area contributed by atoms with Gasteiger partial charge < -0.3 is 15.2 Å². The molecule has 0 heterocycles. The van der Waals surface area contributed by atoms with Crippen LogP contribution in [-0.2, 0) is 16.4 Å². The summed E-state index contributed by atoms with van der Waals surface area (Å²) >= 11 is 0. The van der Waals surface area contributed by atoms with Gasteiger partial charge in [-0.25, -0.2) is 8.42 Å². The molecule has 0 fully saturated rings. The average molecular weight is 397 g/mol. The third-order valence-electron chi connectivity index (χ3n) is 4.11. The predicted molar refractivity (Wildman–Crippen MR) is 104 cm³/mol. The van der Waals surface area contributed by atoms with E-state index in [1.807, 2.05) is 30.3 Å². The van der Waals surface area contributed by atoms with Crippen LogP contribution in [0.15, 0.2) is 82.6 Å². The Labute approximate surface area is 163 Å². The van der Waals surface area contributed by atoms with E-state index in [4.69, 9.17) is 15.2 Å². The summed E-state index contributed by atoms with van der Waals surface area (Å²) in [7, 11) is -2.57. The summed E-state index contributed by atoms with van der Waals surface area (Å²) in [5, 5.41) is 0. The first-order valence-corrected chi connectivity index (χ1v) is 9.90. The molecule has 0 aromatic heterocycles. The van der Waals surface area contributed by atoms with Crippen LogP contribution in [0.3, 0.4) is 0 Å². The zero-order valence-electron chi connectivity index (χ0n) is 15.2. The number of benzene rings is 3. The monoisotopic (exact) mass is 397 g/mol. The molecule has 7 heteroatoms. The second kappa shape index (κ2) is 8.14. The fourth-order valence-corrected chi connectivity index (χ4v) is 4.17. The first-order valence-electron chi connectivity index (χ1n) is 8.42. The molecule has 144 valence electrons. The molecule has 0 aliphatic carbocycles. The average Bonchev–Trinajstić information content (AvgIpc) is 2.72. The minimum Gasteiger partial charge on any atom is -0.493 e. The molecule has 0 radical (unpaired) electrons. The number of carbonyl (C=O) groups excluding carboxylic acids is 1. The number of amides is 1. The van der Waals surface area contributed by atoms with Gasteiger partial charge in [0.2, 0.25) is 15.7 Å². The minimum atomic E-state index is -3.97. The number of sulfone groups is 1. The van der Waals surface area contributed by atoms with E-state index in [2.05, 4.69) is 0 Å². The van der Waals surface area contributed by atoms with Gasteiger partial charge in [0.05, 0.1) is 22.5 Å². The minimum absolute atomic E-state index is 0.0532. The molecular weight excluding hydrogens is 378 g/mol. The molecular formula is C21H19NO5S. The molecule has 0 atom stereocenters. The first kappa shape index (κ1) is 19.4. The Bertz CT molecular complexity index is 1080. The van der Waals surface area contributed by atoms with Crippen molar-refractivity contribution in [3.8, 4) is 11.5 Å². The van der Waals surface area contributed by atoms with Gasteiger partial charge in [-0.3, -0.25) is 4.79 Å². The molecule has 3 aromatic rings. The lowest BCUT2D eigenvalue weighted by Gasteiger charge is -2.15. The molecule has 3 aromatic carbocycles. The van der Waals surface area contributed by atoms with Crippen LogP contribution in [0.5, 0.6) is 11.5 Å². The van der Waals surface area contributed by atoms with Gasteiger partial charge in [-0.1, -0.05) is 48.5 Å². The molecule has 0 unspecified atom stereocenters. The highest BCUT2D eigenvalue weighted by atomic mass is 32.2. The Kier molecular flexibility index (Phi) is 5.65. The highest BCUT2D eigenvalue weighted by Gasteiger charge is 2.26. The number of hydrogen-bond acceptors (Lipinski definition) is 5. The molecule has 1 amide bonds. The van der Waals surface area contributed by atoms with Gasteiger partial charge in [0.25, 0.3) is 0 Å². The van der Waals surface area contributed by atoms with Crippen molar-refractivity contribution in [3.63, 3.8) is 0 Å². The van der Waals surface area contributed by atoms with E-state index in [9.17, 15) is 13.2 Å². The molecule has 0 saturated carbocycles. The fourth-order valence-electron chi connectivity index (χ4n) is 2.69. The number of carbonyl (C=O) groups is 1. The van der Waals surface area contributed by atoms with Gasteiger partial charge in [-0.2, -0.15) is 0 Å². The quantitative estimate of drug-likeness (QED) is 0.660. The first-order chi connectivity index (χ1) is 13.4. The second-order valence-electron chi connectivity index (χ2n) is 5.95. The summed E-state index contributed by atoms with van der Waals surface area (Å²) in [6.45, 7) is 0.222. The van der Waals surface area contributed by atoms with Gasteiger partial charge in [-0.05, 0) is 23.8 Å². The van der Waals surface area contributed by atoms with E-state index in [1.54, 1.807) is 18.2 Å². The topological polar surface area (TPSA) is 95.7 Å². The highest BCUT2D eigenvalue weighted by molar-refractivity contribution is 7.91. The highest BCUT2D eigenvalue weighted by Crippen LogP contribution is 2.35. The lowest BCUT2D eigenvalue weighted by atomic mass is 10.2. The summed E-state index contributed by atoms with van der Waals surface area (Å²) in [6.07, 6.45) is 0. The van der Waals surface area contributed by atoms with E-state index in [1.165, 1.54) is 31.4 Å². The zero-order chi connectivity index (χ0) is 20.1. The summed E-state index contributed by atoms with van der Waals surface area (Å²) < 4.78 is 37.1. The molecule has 0 aliphatic rings. The van der Waals surface area contributed by atoms with Gasteiger partial charge >= 0.3 is 0 Å². The van der Waals surface area contributed by atoms with E-state index in [0.29, 0.717) is 0 Å². The Hall–Kier alpha value is -3.32. The Morgan fingerprint density at radius 2 is 1.54 bits per heavy atom. The van der Waals surface area contributed by atoms with E-state index in [-0.39, 0.29) is 33.5 Å². The fraction of sp³-hybridized carbons (Fsp3) is 0.0952. The molecule has 0 bridgehead atoms. The zero-order valence-corrected chi connectivity index (χ0v) is 16.0. The Morgan fingerprint density at radius 1 is 0.929 bits per heavy atom. The molecule has 2 N–H and O–H groups in total. The number of rotatable bonds is 7. The van der Waals surface area contributed by atoms with Crippen molar-refractivity contribution in [2.45, 2.75) is 16.4 Å². The molecule has 0 spiro atoms. The molecule has 0 aliphatic heterocycles.